The van der Waals surface area contributed by atoms with Crippen LogP contribution in [0.5, 0.6) is 0 Å². The summed E-state index contributed by atoms with van der Waals surface area (Å²) in [5, 5.41) is 4.63. The molecule has 0 spiro atoms. The molecule has 0 bridgehead atoms. The van der Waals surface area contributed by atoms with Crippen LogP contribution in [0, 0.1) is 0 Å². The highest BCUT2D eigenvalue weighted by atomic mass is 35.5. The number of thioether (sulfide) groups is 1. The highest BCUT2D eigenvalue weighted by molar-refractivity contribution is 7.98. The van der Waals surface area contributed by atoms with Crippen molar-refractivity contribution in [3.05, 3.63) is 87.8 Å². The molecule has 0 aliphatic heterocycles. The largest absolute Gasteiger partial charge is 0.321 e. The molecule has 2 aromatic heterocycles. The number of carbonyl (C=O) groups excluding carboxylic acids is 1. The van der Waals surface area contributed by atoms with Crippen LogP contribution in [0.4, 0.5) is 5.69 Å². The number of nitrogens with one attached hydrogen (secondary N) is 1. The molecule has 4 rings (SSSR count). The number of benzene rings is 2. The van der Waals surface area contributed by atoms with Crippen molar-refractivity contribution in [1.82, 2.24) is 15.0 Å². The molecule has 0 radical (unpaired) electrons. The highest BCUT2D eigenvalue weighted by Gasteiger charge is 2.15. The minimum atomic E-state index is -0.171. The van der Waals surface area contributed by atoms with E-state index in [9.17, 15) is 4.79 Å². The smallest absolute Gasteiger partial charge is 0.255 e. The molecule has 4 aromatic rings. The number of aromatic nitrogens is 3. The van der Waals surface area contributed by atoms with Gasteiger partial charge in [-0.25, -0.2) is 9.97 Å². The van der Waals surface area contributed by atoms with Crippen LogP contribution < -0.4 is 5.32 Å². The van der Waals surface area contributed by atoms with Gasteiger partial charge in [0.2, 0.25) is 0 Å². The Labute approximate surface area is 200 Å². The van der Waals surface area contributed by atoms with Gasteiger partial charge in [0.1, 0.15) is 5.03 Å². The van der Waals surface area contributed by atoms with E-state index in [1.807, 2.05) is 24.3 Å². The Hall–Kier alpha value is -2.67. The molecule has 0 aliphatic carbocycles. The molecule has 8 heteroatoms. The van der Waals surface area contributed by atoms with Crippen molar-refractivity contribution in [1.29, 1.82) is 0 Å². The predicted molar refractivity (Wildman–Crippen MR) is 132 cm³/mol. The second-order valence-corrected chi connectivity index (χ2v) is 9.28. The number of nitrogens with zero attached hydrogens (tertiary/aromatic N) is 3. The van der Waals surface area contributed by atoms with E-state index in [4.69, 9.17) is 33.2 Å². The van der Waals surface area contributed by atoms with Crippen molar-refractivity contribution >= 4 is 57.6 Å². The lowest BCUT2D eigenvalue weighted by Crippen LogP contribution is -2.11. The van der Waals surface area contributed by atoms with Gasteiger partial charge in [0.05, 0.1) is 38.7 Å². The summed E-state index contributed by atoms with van der Waals surface area (Å²) in [7, 11) is 0. The van der Waals surface area contributed by atoms with Gasteiger partial charge >= 0.3 is 0 Å². The lowest BCUT2D eigenvalue weighted by atomic mass is 10.1. The van der Waals surface area contributed by atoms with Gasteiger partial charge < -0.3 is 5.32 Å². The van der Waals surface area contributed by atoms with Crippen molar-refractivity contribution in [2.45, 2.75) is 30.5 Å². The molecule has 0 saturated carbocycles. The Kier molecular flexibility index (Phi) is 6.94. The predicted octanol–water partition coefficient (Wildman–Crippen LogP) is 7.00. The van der Waals surface area contributed by atoms with Gasteiger partial charge in [0.25, 0.3) is 5.91 Å². The maximum atomic E-state index is 12.4. The zero-order chi connectivity index (χ0) is 22.7. The minimum Gasteiger partial charge on any atom is -0.321 e. The van der Waals surface area contributed by atoms with E-state index < -0.39 is 0 Å². The van der Waals surface area contributed by atoms with Crippen molar-refractivity contribution < 1.29 is 4.79 Å². The first-order valence-electron chi connectivity index (χ1n) is 10.0. The number of anilines is 1. The second-order valence-electron chi connectivity index (χ2n) is 7.51. The highest BCUT2D eigenvalue weighted by Crippen LogP contribution is 2.32. The zero-order valence-electron chi connectivity index (χ0n) is 17.5. The summed E-state index contributed by atoms with van der Waals surface area (Å²) in [6, 6.07) is 14.6. The van der Waals surface area contributed by atoms with Gasteiger partial charge in [0, 0.05) is 17.5 Å². The quantitative estimate of drug-likeness (QED) is 0.299. The Bertz CT molecular complexity index is 1260. The Morgan fingerprint density at radius 3 is 2.34 bits per heavy atom. The summed E-state index contributed by atoms with van der Waals surface area (Å²) in [6.45, 7) is 4.18. The van der Waals surface area contributed by atoms with Gasteiger partial charge in [-0.05, 0) is 47.9 Å². The summed E-state index contributed by atoms with van der Waals surface area (Å²) < 4.78 is 0. The second kappa shape index (κ2) is 9.86. The summed E-state index contributed by atoms with van der Waals surface area (Å²) in [4.78, 5) is 26.0. The number of halogens is 2. The number of fused-ring (bicyclic) bond motifs is 1. The Morgan fingerprint density at radius 2 is 1.72 bits per heavy atom. The SMILES string of the molecule is CC(C)c1nc2cc(Cl)c(Cl)cc2nc1SCc1ccc(C(=O)Nc2cccnc2)cc1. The molecule has 0 atom stereocenters. The molecule has 5 nitrogen and oxygen atoms in total. The first-order chi connectivity index (χ1) is 15.4. The molecule has 0 aliphatic rings. The monoisotopic (exact) mass is 482 g/mol. The lowest BCUT2D eigenvalue weighted by Gasteiger charge is -2.13. The van der Waals surface area contributed by atoms with Gasteiger partial charge in [-0.2, -0.15) is 0 Å². The molecule has 32 heavy (non-hydrogen) atoms. The molecule has 162 valence electrons. The number of hydrogen-bond donors (Lipinski definition) is 1. The van der Waals surface area contributed by atoms with E-state index in [-0.39, 0.29) is 11.8 Å². The maximum Gasteiger partial charge on any atom is 0.255 e. The molecule has 0 unspecified atom stereocenters. The third kappa shape index (κ3) is 5.21. The summed E-state index contributed by atoms with van der Waals surface area (Å²) in [6.07, 6.45) is 3.28. The Morgan fingerprint density at radius 1 is 1.03 bits per heavy atom. The molecular formula is C24H20Cl2N4OS. The van der Waals surface area contributed by atoms with Crippen LogP contribution in [0.2, 0.25) is 10.0 Å². The number of pyridine rings is 1. The molecule has 2 aromatic carbocycles. The Balaban J connectivity index is 1.50. The summed E-state index contributed by atoms with van der Waals surface area (Å²) in [5.74, 6) is 0.740. The van der Waals surface area contributed by atoms with Crippen LogP contribution in [0.1, 0.15) is 41.4 Å². The fraction of sp³-hybridized carbons (Fsp3) is 0.167. The first kappa shape index (κ1) is 22.5. The normalized spacial score (nSPS) is 11.2. The minimum absolute atomic E-state index is 0.171. The van der Waals surface area contributed by atoms with Crippen LogP contribution in [0.25, 0.3) is 11.0 Å². The van der Waals surface area contributed by atoms with Gasteiger partial charge in [-0.15, -0.1) is 0 Å². The standard InChI is InChI=1S/C24H20Cl2N4OS/c1-14(2)22-24(30-21-11-19(26)18(25)10-20(21)29-22)32-13-15-5-7-16(8-6-15)23(31)28-17-4-3-9-27-12-17/h3-12,14H,13H2,1-2H3,(H,28,31). The van der Waals surface area contributed by atoms with Crippen molar-refractivity contribution in [2.24, 2.45) is 0 Å². The summed E-state index contributed by atoms with van der Waals surface area (Å²) in [5.41, 5.74) is 4.70. The van der Waals surface area contributed by atoms with E-state index in [1.165, 1.54) is 0 Å². The molecule has 2 heterocycles. The van der Waals surface area contributed by atoms with Crippen molar-refractivity contribution in [3.8, 4) is 0 Å². The fourth-order valence-corrected chi connectivity index (χ4v) is 4.48. The van der Waals surface area contributed by atoms with Crippen LogP contribution in [0.3, 0.4) is 0 Å². The topological polar surface area (TPSA) is 67.8 Å². The third-order valence-corrected chi connectivity index (χ3v) is 6.53. The van der Waals surface area contributed by atoms with E-state index in [0.29, 0.717) is 32.6 Å². The molecular weight excluding hydrogens is 463 g/mol. The number of rotatable bonds is 6. The number of carbonyl (C=O) groups is 1. The van der Waals surface area contributed by atoms with E-state index in [2.05, 4.69) is 24.1 Å². The fourth-order valence-electron chi connectivity index (χ4n) is 3.08. The van der Waals surface area contributed by atoms with E-state index in [1.54, 1.807) is 48.4 Å². The molecule has 1 N–H and O–H groups in total. The van der Waals surface area contributed by atoms with Gasteiger partial charge in [0.15, 0.2) is 0 Å². The molecule has 0 fully saturated rings. The zero-order valence-corrected chi connectivity index (χ0v) is 19.8. The summed E-state index contributed by atoms with van der Waals surface area (Å²) >= 11 is 13.9. The molecule has 1 amide bonds. The average molecular weight is 483 g/mol. The number of hydrogen-bond acceptors (Lipinski definition) is 5. The first-order valence-corrected chi connectivity index (χ1v) is 11.7. The average Bonchev–Trinajstić information content (AvgIpc) is 2.79. The van der Waals surface area contributed by atoms with E-state index in [0.717, 1.165) is 21.8 Å². The maximum absolute atomic E-state index is 12.4. The van der Waals surface area contributed by atoms with Crippen LogP contribution in [-0.2, 0) is 5.75 Å². The van der Waals surface area contributed by atoms with E-state index >= 15 is 0 Å². The van der Waals surface area contributed by atoms with Crippen molar-refractivity contribution in [3.63, 3.8) is 0 Å². The molecule has 0 saturated heterocycles. The van der Waals surface area contributed by atoms with Crippen LogP contribution in [-0.4, -0.2) is 20.9 Å². The van der Waals surface area contributed by atoms with Crippen molar-refractivity contribution in [2.75, 3.05) is 5.32 Å². The van der Waals surface area contributed by atoms with Gasteiger partial charge in [-0.1, -0.05) is 60.9 Å². The lowest BCUT2D eigenvalue weighted by molar-refractivity contribution is 0.102. The van der Waals surface area contributed by atoms with Crippen LogP contribution >= 0.6 is 35.0 Å². The van der Waals surface area contributed by atoms with Gasteiger partial charge in [-0.3, -0.25) is 9.78 Å². The number of amides is 1. The third-order valence-electron chi connectivity index (χ3n) is 4.76. The van der Waals surface area contributed by atoms with Crippen LogP contribution in [0.15, 0.2) is 66.0 Å².